The summed E-state index contributed by atoms with van der Waals surface area (Å²) < 4.78 is 6.19. The van der Waals surface area contributed by atoms with Crippen molar-refractivity contribution < 1.29 is 4.74 Å². The molecule has 2 N–H and O–H groups in total. The molecule has 0 aromatic carbocycles. The van der Waals surface area contributed by atoms with E-state index >= 15 is 0 Å². The van der Waals surface area contributed by atoms with E-state index < -0.39 is 0 Å². The second kappa shape index (κ2) is 6.53. The van der Waals surface area contributed by atoms with Crippen LogP contribution >= 0.6 is 11.6 Å². The fourth-order valence-corrected chi connectivity index (χ4v) is 1.92. The number of nitrogens with one attached hydrogen (secondary N) is 2. The first-order valence-electron chi connectivity index (χ1n) is 6.13. The van der Waals surface area contributed by atoms with Crippen LogP contribution in [0.2, 0.25) is 5.02 Å². The first kappa shape index (κ1) is 14.5. The molecule has 2 heterocycles. The first-order valence-corrected chi connectivity index (χ1v) is 6.51. The van der Waals surface area contributed by atoms with Crippen LogP contribution in [0.5, 0.6) is 0 Å². The SMILES string of the molecule is COCCn1ncc(NC(C)c2cn[nH]c2)c(Cl)c1=O. The van der Waals surface area contributed by atoms with Crippen molar-refractivity contribution in [3.05, 3.63) is 39.5 Å². The molecule has 2 rings (SSSR count). The van der Waals surface area contributed by atoms with E-state index in [-0.39, 0.29) is 16.6 Å². The van der Waals surface area contributed by atoms with Gasteiger partial charge in [-0.15, -0.1) is 0 Å². The minimum Gasteiger partial charge on any atom is -0.383 e. The van der Waals surface area contributed by atoms with E-state index in [9.17, 15) is 4.79 Å². The van der Waals surface area contributed by atoms with Crippen LogP contribution in [0.15, 0.2) is 23.4 Å². The van der Waals surface area contributed by atoms with Crippen molar-refractivity contribution in [2.75, 3.05) is 19.0 Å². The summed E-state index contributed by atoms with van der Waals surface area (Å²) in [4.78, 5) is 12.0. The molecule has 1 unspecified atom stereocenters. The lowest BCUT2D eigenvalue weighted by Crippen LogP contribution is -2.26. The number of halogens is 1. The number of aromatic nitrogens is 4. The summed E-state index contributed by atoms with van der Waals surface area (Å²) >= 11 is 6.08. The van der Waals surface area contributed by atoms with Gasteiger partial charge in [0.1, 0.15) is 5.02 Å². The minimum atomic E-state index is -0.340. The van der Waals surface area contributed by atoms with Gasteiger partial charge in [0.15, 0.2) is 0 Å². The highest BCUT2D eigenvalue weighted by Crippen LogP contribution is 2.21. The van der Waals surface area contributed by atoms with Crippen molar-refractivity contribution >= 4 is 17.3 Å². The highest BCUT2D eigenvalue weighted by molar-refractivity contribution is 6.32. The van der Waals surface area contributed by atoms with Gasteiger partial charge in [-0.05, 0) is 6.92 Å². The van der Waals surface area contributed by atoms with Crippen molar-refractivity contribution in [3.8, 4) is 0 Å². The Bertz CT molecular complexity index is 611. The van der Waals surface area contributed by atoms with Gasteiger partial charge in [-0.1, -0.05) is 11.6 Å². The monoisotopic (exact) mass is 297 g/mol. The molecule has 1 atom stereocenters. The minimum absolute atomic E-state index is 0.0396. The van der Waals surface area contributed by atoms with Crippen LogP contribution in [0.3, 0.4) is 0 Å². The maximum atomic E-state index is 12.0. The number of anilines is 1. The molecule has 0 bridgehead atoms. The number of aromatic amines is 1. The molecule has 0 amide bonds. The van der Waals surface area contributed by atoms with Crippen LogP contribution in [-0.4, -0.2) is 33.7 Å². The largest absolute Gasteiger partial charge is 0.383 e. The van der Waals surface area contributed by atoms with Crippen LogP contribution < -0.4 is 10.9 Å². The fourth-order valence-electron chi connectivity index (χ4n) is 1.72. The lowest BCUT2D eigenvalue weighted by atomic mass is 10.2. The molecule has 20 heavy (non-hydrogen) atoms. The highest BCUT2D eigenvalue weighted by atomic mass is 35.5. The highest BCUT2D eigenvalue weighted by Gasteiger charge is 2.13. The number of hydrogen-bond acceptors (Lipinski definition) is 5. The molecule has 8 heteroatoms. The molecule has 0 aliphatic carbocycles. The molecule has 0 saturated carbocycles. The molecule has 0 aliphatic rings. The average Bonchev–Trinajstić information content (AvgIpc) is 2.97. The molecule has 0 fully saturated rings. The Labute approximate surface area is 120 Å². The van der Waals surface area contributed by atoms with Crippen LogP contribution in [0.25, 0.3) is 0 Å². The zero-order chi connectivity index (χ0) is 14.5. The number of ether oxygens (including phenoxy) is 1. The normalized spacial score (nSPS) is 12.3. The predicted molar refractivity (Wildman–Crippen MR) is 76.0 cm³/mol. The van der Waals surface area contributed by atoms with E-state index in [2.05, 4.69) is 20.6 Å². The molecule has 0 saturated heterocycles. The van der Waals surface area contributed by atoms with Crippen LogP contribution in [0.1, 0.15) is 18.5 Å². The lowest BCUT2D eigenvalue weighted by Gasteiger charge is -2.15. The summed E-state index contributed by atoms with van der Waals surface area (Å²) in [5.74, 6) is 0. The van der Waals surface area contributed by atoms with Crippen LogP contribution in [0, 0.1) is 0 Å². The van der Waals surface area contributed by atoms with E-state index in [1.54, 1.807) is 19.5 Å². The van der Waals surface area contributed by atoms with E-state index in [0.29, 0.717) is 18.8 Å². The van der Waals surface area contributed by atoms with E-state index in [1.165, 1.54) is 10.9 Å². The molecule has 0 radical (unpaired) electrons. The Morgan fingerprint density at radius 3 is 3.00 bits per heavy atom. The molecular weight excluding hydrogens is 282 g/mol. The Hall–Kier alpha value is -1.86. The van der Waals surface area contributed by atoms with Gasteiger partial charge in [0.05, 0.1) is 37.3 Å². The average molecular weight is 298 g/mol. The molecular formula is C12H16ClN5O2. The fraction of sp³-hybridized carbons (Fsp3) is 0.417. The van der Waals surface area contributed by atoms with Crippen molar-refractivity contribution in [1.82, 2.24) is 20.0 Å². The van der Waals surface area contributed by atoms with Gasteiger partial charge in [0.2, 0.25) is 0 Å². The molecule has 0 aliphatic heterocycles. The number of nitrogens with zero attached hydrogens (tertiary/aromatic N) is 3. The second-order valence-electron chi connectivity index (χ2n) is 4.29. The Kier molecular flexibility index (Phi) is 4.75. The summed E-state index contributed by atoms with van der Waals surface area (Å²) in [6.07, 6.45) is 5.02. The summed E-state index contributed by atoms with van der Waals surface area (Å²) in [6.45, 7) is 2.71. The van der Waals surface area contributed by atoms with E-state index in [4.69, 9.17) is 16.3 Å². The van der Waals surface area contributed by atoms with Gasteiger partial charge in [-0.2, -0.15) is 10.2 Å². The summed E-state index contributed by atoms with van der Waals surface area (Å²) in [6, 6.07) is -0.0396. The number of hydrogen-bond donors (Lipinski definition) is 2. The van der Waals surface area contributed by atoms with Crippen molar-refractivity contribution in [2.24, 2.45) is 0 Å². The molecule has 108 valence electrons. The first-order chi connectivity index (χ1) is 9.63. The molecule has 2 aromatic heterocycles. The second-order valence-corrected chi connectivity index (χ2v) is 4.67. The number of rotatable bonds is 6. The quantitative estimate of drug-likeness (QED) is 0.843. The van der Waals surface area contributed by atoms with Crippen LogP contribution in [-0.2, 0) is 11.3 Å². The third kappa shape index (κ3) is 3.17. The van der Waals surface area contributed by atoms with Crippen molar-refractivity contribution in [1.29, 1.82) is 0 Å². The maximum absolute atomic E-state index is 12.0. The van der Waals surface area contributed by atoms with Gasteiger partial charge in [-0.25, -0.2) is 4.68 Å². The predicted octanol–water partition coefficient (Wildman–Crippen LogP) is 1.44. The lowest BCUT2D eigenvalue weighted by molar-refractivity contribution is 0.182. The smallest absolute Gasteiger partial charge is 0.287 e. The Balaban J connectivity index is 2.17. The zero-order valence-corrected chi connectivity index (χ0v) is 12.0. The standard InChI is InChI=1S/C12H16ClN5O2/c1-8(9-5-14-15-6-9)17-10-7-16-18(3-4-20-2)12(19)11(10)13/h5-8,17H,3-4H2,1-2H3,(H,14,15). The van der Waals surface area contributed by atoms with Gasteiger partial charge in [-0.3, -0.25) is 9.89 Å². The van der Waals surface area contributed by atoms with E-state index in [0.717, 1.165) is 5.56 Å². The topological polar surface area (TPSA) is 84.8 Å². The Morgan fingerprint density at radius 2 is 2.35 bits per heavy atom. The van der Waals surface area contributed by atoms with Gasteiger partial charge in [0, 0.05) is 18.9 Å². The zero-order valence-electron chi connectivity index (χ0n) is 11.3. The van der Waals surface area contributed by atoms with Crippen molar-refractivity contribution in [3.63, 3.8) is 0 Å². The van der Waals surface area contributed by atoms with Crippen LogP contribution in [0.4, 0.5) is 5.69 Å². The third-order valence-corrected chi connectivity index (χ3v) is 3.25. The van der Waals surface area contributed by atoms with Gasteiger partial charge < -0.3 is 10.1 Å². The molecule has 0 spiro atoms. The van der Waals surface area contributed by atoms with Gasteiger partial charge >= 0.3 is 0 Å². The summed E-state index contributed by atoms with van der Waals surface area (Å²) in [7, 11) is 1.56. The Morgan fingerprint density at radius 1 is 1.55 bits per heavy atom. The van der Waals surface area contributed by atoms with E-state index in [1.807, 2.05) is 6.92 Å². The molecule has 2 aromatic rings. The summed E-state index contributed by atoms with van der Waals surface area (Å²) in [5, 5.41) is 13.9. The van der Waals surface area contributed by atoms with Gasteiger partial charge in [0.25, 0.3) is 5.56 Å². The maximum Gasteiger partial charge on any atom is 0.287 e. The van der Waals surface area contributed by atoms with Crippen molar-refractivity contribution in [2.45, 2.75) is 19.5 Å². The molecule has 7 nitrogen and oxygen atoms in total. The number of methoxy groups -OCH3 is 1. The number of H-pyrrole nitrogens is 1. The third-order valence-electron chi connectivity index (χ3n) is 2.88. The summed E-state index contributed by atoms with van der Waals surface area (Å²) in [5.41, 5.74) is 1.12.